The second-order valence-electron chi connectivity index (χ2n) is 6.09. The first-order valence-corrected chi connectivity index (χ1v) is 8.59. The van der Waals surface area contributed by atoms with Crippen molar-refractivity contribution in [3.63, 3.8) is 0 Å². The topological polar surface area (TPSA) is 29.1 Å². The Labute approximate surface area is 120 Å². The van der Waals surface area contributed by atoms with Gasteiger partial charge >= 0.3 is 0 Å². The first kappa shape index (κ1) is 16.0. The fourth-order valence-electron chi connectivity index (χ4n) is 2.84. The van der Waals surface area contributed by atoms with Crippen LogP contribution in [0.15, 0.2) is 0 Å². The van der Waals surface area contributed by atoms with Crippen molar-refractivity contribution in [1.82, 2.24) is 5.32 Å². The molecule has 1 N–H and O–H groups in total. The van der Waals surface area contributed by atoms with Crippen molar-refractivity contribution in [2.24, 2.45) is 11.8 Å². The van der Waals surface area contributed by atoms with Crippen LogP contribution in [0.4, 0.5) is 0 Å². The fraction of sp³-hybridized carbons (Fsp3) is 0.933. The van der Waals surface area contributed by atoms with Crippen LogP contribution in [0, 0.1) is 11.8 Å². The summed E-state index contributed by atoms with van der Waals surface area (Å²) in [6.45, 7) is 4.40. The van der Waals surface area contributed by atoms with E-state index in [0.717, 1.165) is 24.1 Å². The predicted octanol–water partition coefficient (Wildman–Crippen LogP) is 4.27. The van der Waals surface area contributed by atoms with E-state index in [1.165, 1.54) is 32.1 Å². The summed E-state index contributed by atoms with van der Waals surface area (Å²) in [6, 6.07) is 0.295. The molecule has 0 spiro atoms. The number of hydrogen-bond acceptors (Lipinski definition) is 1. The number of carbonyl (C=O) groups excluding carboxylic acids is 1. The van der Waals surface area contributed by atoms with Gasteiger partial charge in [-0.25, -0.2) is 0 Å². The Morgan fingerprint density at radius 3 is 2.50 bits per heavy atom. The molecule has 0 heterocycles. The molecule has 1 aliphatic carbocycles. The molecule has 1 amide bonds. The molecule has 0 saturated heterocycles. The van der Waals surface area contributed by atoms with E-state index in [1.54, 1.807) is 0 Å². The van der Waals surface area contributed by atoms with E-state index in [0.29, 0.717) is 18.4 Å². The average Bonchev–Trinajstić information content (AvgIpc) is 2.36. The maximum absolute atomic E-state index is 11.9. The van der Waals surface area contributed by atoms with Crippen LogP contribution in [-0.2, 0) is 4.79 Å². The van der Waals surface area contributed by atoms with Crippen molar-refractivity contribution >= 4 is 21.8 Å². The van der Waals surface area contributed by atoms with Gasteiger partial charge in [0.1, 0.15) is 0 Å². The van der Waals surface area contributed by atoms with Crippen LogP contribution in [0.3, 0.4) is 0 Å². The Kier molecular flexibility index (Phi) is 7.96. The van der Waals surface area contributed by atoms with E-state index in [-0.39, 0.29) is 5.91 Å². The zero-order chi connectivity index (χ0) is 13.4. The predicted molar refractivity (Wildman–Crippen MR) is 81.0 cm³/mol. The van der Waals surface area contributed by atoms with Crippen LogP contribution in [-0.4, -0.2) is 17.3 Å². The van der Waals surface area contributed by atoms with Crippen molar-refractivity contribution in [2.75, 3.05) is 5.33 Å². The number of carbonyl (C=O) groups is 1. The van der Waals surface area contributed by atoms with Crippen LogP contribution >= 0.6 is 15.9 Å². The van der Waals surface area contributed by atoms with E-state index in [4.69, 9.17) is 0 Å². The van der Waals surface area contributed by atoms with Crippen molar-refractivity contribution in [3.8, 4) is 0 Å². The summed E-state index contributed by atoms with van der Waals surface area (Å²) in [6.07, 6.45) is 9.65. The fourth-order valence-corrected chi connectivity index (χ4v) is 3.27. The molecular weight excluding hydrogens is 290 g/mol. The Morgan fingerprint density at radius 1 is 1.28 bits per heavy atom. The van der Waals surface area contributed by atoms with Gasteiger partial charge in [-0.3, -0.25) is 4.79 Å². The molecule has 1 unspecified atom stereocenters. The van der Waals surface area contributed by atoms with Gasteiger partial charge in [0.15, 0.2) is 0 Å². The van der Waals surface area contributed by atoms with Gasteiger partial charge in [0, 0.05) is 17.8 Å². The largest absolute Gasteiger partial charge is 0.353 e. The van der Waals surface area contributed by atoms with Crippen molar-refractivity contribution in [3.05, 3.63) is 0 Å². The number of hydrogen-bond donors (Lipinski definition) is 1. The average molecular weight is 318 g/mol. The Bertz CT molecular complexity index is 237. The molecule has 0 aliphatic heterocycles. The van der Waals surface area contributed by atoms with E-state index in [1.807, 2.05) is 0 Å². The summed E-state index contributed by atoms with van der Waals surface area (Å²) in [7, 11) is 0. The minimum Gasteiger partial charge on any atom is -0.353 e. The normalized spacial score (nSPS) is 18.9. The zero-order valence-corrected chi connectivity index (χ0v) is 13.5. The lowest BCUT2D eigenvalue weighted by Crippen LogP contribution is -2.37. The van der Waals surface area contributed by atoms with Gasteiger partial charge in [-0.05, 0) is 24.7 Å². The molecule has 106 valence electrons. The third-order valence-electron chi connectivity index (χ3n) is 3.81. The molecule has 0 aromatic heterocycles. The molecule has 1 aliphatic rings. The van der Waals surface area contributed by atoms with Crippen molar-refractivity contribution in [2.45, 2.75) is 71.3 Å². The van der Waals surface area contributed by atoms with Crippen molar-refractivity contribution < 1.29 is 4.79 Å². The van der Waals surface area contributed by atoms with Gasteiger partial charge in [0.25, 0.3) is 0 Å². The number of nitrogens with one attached hydrogen (secondary N) is 1. The summed E-state index contributed by atoms with van der Waals surface area (Å²) in [4.78, 5) is 11.9. The van der Waals surface area contributed by atoms with Crippen LogP contribution < -0.4 is 5.32 Å². The van der Waals surface area contributed by atoms with Gasteiger partial charge in [0.05, 0.1) is 0 Å². The molecule has 18 heavy (non-hydrogen) atoms. The third-order valence-corrected chi connectivity index (χ3v) is 4.59. The smallest absolute Gasteiger partial charge is 0.220 e. The molecule has 1 atom stereocenters. The monoisotopic (exact) mass is 317 g/mol. The number of amides is 1. The van der Waals surface area contributed by atoms with Crippen molar-refractivity contribution in [1.29, 1.82) is 0 Å². The molecule has 1 rings (SSSR count). The summed E-state index contributed by atoms with van der Waals surface area (Å²) in [5.41, 5.74) is 0. The second-order valence-corrected chi connectivity index (χ2v) is 6.74. The minimum absolute atomic E-state index is 0.241. The van der Waals surface area contributed by atoms with Crippen LogP contribution in [0.5, 0.6) is 0 Å². The molecule has 0 radical (unpaired) electrons. The minimum atomic E-state index is 0.241. The lowest BCUT2D eigenvalue weighted by atomic mass is 9.86. The second kappa shape index (κ2) is 8.95. The van der Waals surface area contributed by atoms with Crippen LogP contribution in [0.25, 0.3) is 0 Å². The highest BCUT2D eigenvalue weighted by Gasteiger charge is 2.16. The number of rotatable bonds is 7. The van der Waals surface area contributed by atoms with Crippen LogP contribution in [0.2, 0.25) is 0 Å². The maximum Gasteiger partial charge on any atom is 0.220 e. The Balaban J connectivity index is 2.18. The third kappa shape index (κ3) is 6.77. The standard InChI is InChI=1S/C15H28BrNO/c1-12(2)10-14(11-16)17-15(18)9-8-13-6-4-3-5-7-13/h12-14H,3-11H2,1-2H3,(H,17,18). The quantitative estimate of drug-likeness (QED) is 0.698. The Morgan fingerprint density at radius 2 is 1.94 bits per heavy atom. The molecule has 1 fully saturated rings. The summed E-state index contributed by atoms with van der Waals surface area (Å²) in [5.74, 6) is 1.67. The van der Waals surface area contributed by atoms with Gasteiger partial charge in [-0.15, -0.1) is 0 Å². The van der Waals surface area contributed by atoms with Gasteiger partial charge < -0.3 is 5.32 Å². The summed E-state index contributed by atoms with van der Waals surface area (Å²) < 4.78 is 0. The molecule has 0 aromatic rings. The molecule has 3 heteroatoms. The number of alkyl halides is 1. The van der Waals surface area contributed by atoms with Gasteiger partial charge in [-0.2, -0.15) is 0 Å². The highest BCUT2D eigenvalue weighted by atomic mass is 79.9. The van der Waals surface area contributed by atoms with E-state index in [9.17, 15) is 4.79 Å². The Hall–Kier alpha value is -0.0500. The molecule has 0 aromatic carbocycles. The highest BCUT2D eigenvalue weighted by Crippen LogP contribution is 2.27. The van der Waals surface area contributed by atoms with Gasteiger partial charge in [-0.1, -0.05) is 61.9 Å². The summed E-state index contributed by atoms with van der Waals surface area (Å²) in [5, 5.41) is 4.01. The van der Waals surface area contributed by atoms with Crippen LogP contribution in [0.1, 0.15) is 65.2 Å². The molecular formula is C15H28BrNO. The lowest BCUT2D eigenvalue weighted by molar-refractivity contribution is -0.122. The number of halogens is 1. The maximum atomic E-state index is 11.9. The highest BCUT2D eigenvalue weighted by molar-refractivity contribution is 9.09. The zero-order valence-electron chi connectivity index (χ0n) is 11.9. The molecule has 2 nitrogen and oxygen atoms in total. The molecule has 0 bridgehead atoms. The summed E-state index contributed by atoms with van der Waals surface area (Å²) >= 11 is 3.49. The van der Waals surface area contributed by atoms with Gasteiger partial charge in [0.2, 0.25) is 5.91 Å². The SMILES string of the molecule is CC(C)CC(CBr)NC(=O)CCC1CCCCC1. The van der Waals surface area contributed by atoms with E-state index < -0.39 is 0 Å². The van der Waals surface area contributed by atoms with E-state index >= 15 is 0 Å². The first-order valence-electron chi connectivity index (χ1n) is 7.47. The molecule has 1 saturated carbocycles. The first-order chi connectivity index (χ1) is 8.61. The van der Waals surface area contributed by atoms with E-state index in [2.05, 4.69) is 35.1 Å². The lowest BCUT2D eigenvalue weighted by Gasteiger charge is -2.22.